The molecule has 0 saturated carbocycles. The van der Waals surface area contributed by atoms with Gasteiger partial charge in [0, 0.05) is 18.8 Å². The first-order chi connectivity index (χ1) is 11.2. The molecule has 0 atom stereocenters. The Balaban J connectivity index is 1.61. The fourth-order valence-corrected chi connectivity index (χ4v) is 1.89. The Labute approximate surface area is 134 Å². The maximum Gasteiger partial charge on any atom is 0.252 e. The van der Waals surface area contributed by atoms with Crippen molar-refractivity contribution in [3.05, 3.63) is 54.0 Å². The first-order valence-corrected chi connectivity index (χ1v) is 7.35. The number of hydrogen-bond donors (Lipinski definition) is 1. The fraction of sp³-hybridized carbons (Fsp3) is 0.294. The van der Waals surface area contributed by atoms with Crippen LogP contribution in [0.2, 0.25) is 0 Å². The molecule has 0 spiro atoms. The highest BCUT2D eigenvalue weighted by Gasteiger charge is 2.05. The number of nitrogens with zero attached hydrogens (tertiary/aromatic N) is 1. The van der Waals surface area contributed by atoms with E-state index in [1.54, 1.807) is 24.3 Å². The number of aromatic nitrogens is 1. The normalized spacial score (nSPS) is 10.2. The highest BCUT2D eigenvalue weighted by molar-refractivity contribution is 5.93. The summed E-state index contributed by atoms with van der Waals surface area (Å²) in [7, 11) is 1.52. The molecule has 122 valence electrons. The van der Waals surface area contributed by atoms with Crippen LogP contribution < -0.4 is 14.8 Å². The van der Waals surface area contributed by atoms with E-state index in [1.165, 1.54) is 25.4 Å². The van der Waals surface area contributed by atoms with E-state index in [0.717, 1.165) is 12.8 Å². The molecule has 0 radical (unpaired) electrons. The third-order valence-corrected chi connectivity index (χ3v) is 3.15. The number of unbranched alkanes of at least 4 members (excludes halogenated alkanes) is 1. The average Bonchev–Trinajstić information content (AvgIpc) is 2.59. The van der Waals surface area contributed by atoms with Crippen LogP contribution in [0.5, 0.6) is 11.6 Å². The zero-order valence-corrected chi connectivity index (χ0v) is 12.9. The predicted molar refractivity (Wildman–Crippen MR) is 84.3 cm³/mol. The lowest BCUT2D eigenvalue weighted by Crippen LogP contribution is -2.24. The molecule has 1 heterocycles. The summed E-state index contributed by atoms with van der Waals surface area (Å²) in [5.41, 5.74) is 0.494. The van der Waals surface area contributed by atoms with Crippen LogP contribution in [-0.2, 0) is 0 Å². The molecule has 6 heteroatoms. The summed E-state index contributed by atoms with van der Waals surface area (Å²) in [6.07, 6.45) is 3.06. The van der Waals surface area contributed by atoms with Gasteiger partial charge in [0.15, 0.2) is 0 Å². The summed E-state index contributed by atoms with van der Waals surface area (Å²) in [4.78, 5) is 15.9. The summed E-state index contributed by atoms with van der Waals surface area (Å²) in [6, 6.07) is 9.21. The number of carbonyl (C=O) groups excluding carboxylic acids is 1. The molecule has 0 aliphatic carbocycles. The molecule has 1 N–H and O–H groups in total. The number of amides is 1. The summed E-state index contributed by atoms with van der Waals surface area (Å²) in [5, 5.41) is 2.82. The fourth-order valence-electron chi connectivity index (χ4n) is 1.89. The second-order valence-electron chi connectivity index (χ2n) is 4.85. The van der Waals surface area contributed by atoms with Crippen molar-refractivity contribution in [3.8, 4) is 11.6 Å². The molecule has 0 bridgehead atoms. The minimum absolute atomic E-state index is 0.167. The minimum Gasteiger partial charge on any atom is -0.494 e. The third kappa shape index (κ3) is 5.58. The van der Waals surface area contributed by atoms with Crippen LogP contribution in [0.15, 0.2) is 42.6 Å². The highest BCUT2D eigenvalue weighted by Crippen LogP contribution is 2.11. The first kappa shape index (κ1) is 16.7. The molecule has 1 aromatic heterocycles. The van der Waals surface area contributed by atoms with Crippen molar-refractivity contribution in [3.63, 3.8) is 0 Å². The molecule has 0 aliphatic heterocycles. The Morgan fingerprint density at radius 3 is 2.61 bits per heavy atom. The number of hydrogen-bond acceptors (Lipinski definition) is 4. The number of rotatable bonds is 8. The van der Waals surface area contributed by atoms with Crippen molar-refractivity contribution in [1.29, 1.82) is 0 Å². The molecule has 2 rings (SSSR count). The molecular formula is C17H19FN2O3. The second kappa shape index (κ2) is 8.73. The van der Waals surface area contributed by atoms with Crippen molar-refractivity contribution >= 4 is 5.91 Å². The van der Waals surface area contributed by atoms with Crippen LogP contribution in [0.3, 0.4) is 0 Å². The Kier molecular flexibility index (Phi) is 6.35. The Morgan fingerprint density at radius 1 is 1.17 bits per heavy atom. The molecule has 0 unspecified atom stereocenters. The number of nitrogens with one attached hydrogen (secondary N) is 1. The van der Waals surface area contributed by atoms with Crippen LogP contribution in [-0.4, -0.2) is 31.2 Å². The maximum absolute atomic E-state index is 12.7. The Morgan fingerprint density at radius 2 is 1.96 bits per heavy atom. The van der Waals surface area contributed by atoms with Crippen LogP contribution in [0.4, 0.5) is 4.39 Å². The zero-order chi connectivity index (χ0) is 16.5. The zero-order valence-electron chi connectivity index (χ0n) is 12.9. The van der Waals surface area contributed by atoms with E-state index in [9.17, 15) is 9.18 Å². The molecule has 1 amide bonds. The maximum atomic E-state index is 12.7. The molecule has 23 heavy (non-hydrogen) atoms. The van der Waals surface area contributed by atoms with Crippen molar-refractivity contribution in [2.45, 2.75) is 12.8 Å². The SMILES string of the molecule is COc1ccc(C(=O)NCCCCOc2ccc(F)cc2)cn1. The Bertz CT molecular complexity index is 615. The van der Waals surface area contributed by atoms with Gasteiger partial charge in [-0.3, -0.25) is 4.79 Å². The van der Waals surface area contributed by atoms with Gasteiger partial charge in [0.1, 0.15) is 11.6 Å². The number of carbonyl (C=O) groups is 1. The van der Waals surface area contributed by atoms with E-state index in [2.05, 4.69) is 10.3 Å². The summed E-state index contributed by atoms with van der Waals surface area (Å²) in [5.74, 6) is 0.659. The summed E-state index contributed by atoms with van der Waals surface area (Å²) in [6.45, 7) is 1.07. The van der Waals surface area contributed by atoms with Gasteiger partial charge in [-0.1, -0.05) is 0 Å². The number of halogens is 1. The molecule has 2 aromatic rings. The number of pyridine rings is 1. The Hall–Kier alpha value is -2.63. The second-order valence-corrected chi connectivity index (χ2v) is 4.85. The van der Waals surface area contributed by atoms with Gasteiger partial charge < -0.3 is 14.8 Å². The number of methoxy groups -OCH3 is 1. The largest absolute Gasteiger partial charge is 0.494 e. The molecule has 5 nitrogen and oxygen atoms in total. The monoisotopic (exact) mass is 318 g/mol. The average molecular weight is 318 g/mol. The van der Waals surface area contributed by atoms with E-state index in [0.29, 0.717) is 30.3 Å². The number of benzene rings is 1. The van der Waals surface area contributed by atoms with Crippen molar-refractivity contribution < 1.29 is 18.7 Å². The highest BCUT2D eigenvalue weighted by atomic mass is 19.1. The quantitative estimate of drug-likeness (QED) is 0.760. The van der Waals surface area contributed by atoms with Crippen molar-refractivity contribution in [1.82, 2.24) is 10.3 Å². The van der Waals surface area contributed by atoms with Gasteiger partial charge in [-0.25, -0.2) is 9.37 Å². The topological polar surface area (TPSA) is 60.5 Å². The van der Waals surface area contributed by atoms with Crippen LogP contribution >= 0.6 is 0 Å². The molecular weight excluding hydrogens is 299 g/mol. The number of ether oxygens (including phenoxy) is 2. The lowest BCUT2D eigenvalue weighted by molar-refractivity contribution is 0.0952. The minimum atomic E-state index is -0.284. The van der Waals surface area contributed by atoms with Gasteiger partial charge in [-0.15, -0.1) is 0 Å². The predicted octanol–water partition coefficient (Wildman–Crippen LogP) is 2.82. The molecule has 0 saturated heterocycles. The standard InChI is InChI=1S/C17H19FN2O3/c1-22-16-9-4-13(12-20-16)17(21)19-10-2-3-11-23-15-7-5-14(18)6-8-15/h4-9,12H,2-3,10-11H2,1H3,(H,19,21). The van der Waals surface area contributed by atoms with Crippen LogP contribution in [0.1, 0.15) is 23.2 Å². The smallest absolute Gasteiger partial charge is 0.252 e. The van der Waals surface area contributed by atoms with Gasteiger partial charge in [-0.2, -0.15) is 0 Å². The van der Waals surface area contributed by atoms with Gasteiger partial charge >= 0.3 is 0 Å². The van der Waals surface area contributed by atoms with E-state index in [-0.39, 0.29) is 11.7 Å². The van der Waals surface area contributed by atoms with Gasteiger partial charge in [0.25, 0.3) is 5.91 Å². The van der Waals surface area contributed by atoms with Gasteiger partial charge in [0.05, 0.1) is 19.3 Å². The first-order valence-electron chi connectivity index (χ1n) is 7.35. The van der Waals surface area contributed by atoms with Crippen molar-refractivity contribution in [2.75, 3.05) is 20.3 Å². The van der Waals surface area contributed by atoms with Crippen molar-refractivity contribution in [2.24, 2.45) is 0 Å². The molecule has 0 aliphatic rings. The van der Waals surface area contributed by atoms with E-state index in [1.807, 2.05) is 0 Å². The lowest BCUT2D eigenvalue weighted by Gasteiger charge is -2.07. The van der Waals surface area contributed by atoms with E-state index >= 15 is 0 Å². The van der Waals surface area contributed by atoms with Gasteiger partial charge in [0.2, 0.25) is 5.88 Å². The summed E-state index contributed by atoms with van der Waals surface area (Å²) >= 11 is 0. The van der Waals surface area contributed by atoms with Crippen LogP contribution in [0.25, 0.3) is 0 Å². The summed E-state index contributed by atoms with van der Waals surface area (Å²) < 4.78 is 23.1. The molecule has 1 aromatic carbocycles. The van der Waals surface area contributed by atoms with Crippen LogP contribution in [0, 0.1) is 5.82 Å². The van der Waals surface area contributed by atoms with Gasteiger partial charge in [-0.05, 0) is 43.2 Å². The van der Waals surface area contributed by atoms with E-state index < -0.39 is 0 Å². The lowest BCUT2D eigenvalue weighted by atomic mass is 10.2. The van der Waals surface area contributed by atoms with E-state index in [4.69, 9.17) is 9.47 Å². The molecule has 0 fully saturated rings. The third-order valence-electron chi connectivity index (χ3n) is 3.15.